The number of pyridine rings is 1. The van der Waals surface area contributed by atoms with E-state index >= 15 is 0 Å². The first-order valence-electron chi connectivity index (χ1n) is 3.67. The van der Waals surface area contributed by atoms with Crippen molar-refractivity contribution in [1.29, 1.82) is 0 Å². The van der Waals surface area contributed by atoms with Gasteiger partial charge in [0, 0.05) is 0 Å². The molecule has 15 heavy (non-hydrogen) atoms. The van der Waals surface area contributed by atoms with E-state index < -0.39 is 5.56 Å². The molecule has 78 valence electrons. The maximum atomic E-state index is 11.5. The van der Waals surface area contributed by atoms with Gasteiger partial charge in [-0.2, -0.15) is 0 Å². The summed E-state index contributed by atoms with van der Waals surface area (Å²) in [5.74, 6) is 0. The zero-order valence-electron chi connectivity index (χ0n) is 6.90. The van der Waals surface area contributed by atoms with Crippen LogP contribution in [0.1, 0.15) is 0 Å². The Morgan fingerprint density at radius 2 is 1.80 bits per heavy atom. The summed E-state index contributed by atoms with van der Waals surface area (Å²) in [6, 6.07) is 0. The number of rotatable bonds is 0. The van der Waals surface area contributed by atoms with Gasteiger partial charge in [0.2, 0.25) is 0 Å². The van der Waals surface area contributed by atoms with Gasteiger partial charge in [-0.25, -0.2) is 4.98 Å². The summed E-state index contributed by atoms with van der Waals surface area (Å²) in [6.07, 6.45) is 0. The highest BCUT2D eigenvalue weighted by molar-refractivity contribution is 7.71. The van der Waals surface area contributed by atoms with Gasteiger partial charge < -0.3 is 4.98 Å². The molecule has 0 atom stereocenters. The Hall–Kier alpha value is -0.620. The van der Waals surface area contributed by atoms with Crippen molar-refractivity contribution in [2.75, 3.05) is 0 Å². The van der Waals surface area contributed by atoms with Gasteiger partial charge in [-0.3, -0.25) is 9.78 Å². The van der Waals surface area contributed by atoms with Crippen LogP contribution in [0, 0.1) is 4.77 Å². The largest absolute Gasteiger partial charge is 0.330 e. The van der Waals surface area contributed by atoms with E-state index in [9.17, 15) is 4.79 Å². The number of aromatic nitrogens is 3. The molecular formula is C7H2Cl3N3OS. The molecule has 4 nitrogen and oxygen atoms in total. The Bertz CT molecular complexity index is 663. The van der Waals surface area contributed by atoms with Crippen LogP contribution in [0.4, 0.5) is 0 Å². The summed E-state index contributed by atoms with van der Waals surface area (Å²) in [5.41, 5.74) is -0.166. The summed E-state index contributed by atoms with van der Waals surface area (Å²) in [4.78, 5) is 20.3. The maximum absolute atomic E-state index is 11.5. The SMILES string of the molecule is O=c1[nH]c(=S)[nH]c2c(Cl)c(Cl)nc(Cl)c12. The number of aromatic amines is 2. The molecule has 0 aliphatic carbocycles. The average Bonchev–Trinajstić information content (AvgIpc) is 2.12. The van der Waals surface area contributed by atoms with Gasteiger partial charge >= 0.3 is 0 Å². The summed E-state index contributed by atoms with van der Waals surface area (Å²) < 4.78 is 0.146. The first-order valence-corrected chi connectivity index (χ1v) is 5.21. The molecule has 0 fully saturated rings. The van der Waals surface area contributed by atoms with Crippen molar-refractivity contribution in [3.63, 3.8) is 0 Å². The summed E-state index contributed by atoms with van der Waals surface area (Å²) in [5, 5.41) is 0.255. The van der Waals surface area contributed by atoms with E-state index in [4.69, 9.17) is 47.0 Å². The second kappa shape index (κ2) is 3.75. The molecule has 2 aromatic heterocycles. The van der Waals surface area contributed by atoms with E-state index in [-0.39, 0.29) is 31.0 Å². The Balaban J connectivity index is 3.17. The van der Waals surface area contributed by atoms with Crippen molar-refractivity contribution >= 4 is 57.9 Å². The number of hydrogen-bond donors (Lipinski definition) is 2. The molecule has 0 aromatic carbocycles. The van der Waals surface area contributed by atoms with E-state index in [0.29, 0.717) is 0 Å². The molecule has 0 saturated carbocycles. The Kier molecular flexibility index (Phi) is 2.72. The van der Waals surface area contributed by atoms with Crippen molar-refractivity contribution in [3.05, 3.63) is 30.5 Å². The normalized spacial score (nSPS) is 10.9. The highest BCUT2D eigenvalue weighted by atomic mass is 35.5. The molecule has 0 radical (unpaired) electrons. The predicted molar refractivity (Wildman–Crippen MR) is 62.6 cm³/mol. The third-order valence-electron chi connectivity index (χ3n) is 1.75. The van der Waals surface area contributed by atoms with Crippen molar-refractivity contribution < 1.29 is 0 Å². The van der Waals surface area contributed by atoms with Gasteiger partial charge in [-0.05, 0) is 12.2 Å². The van der Waals surface area contributed by atoms with Crippen molar-refractivity contribution in [3.8, 4) is 0 Å². The summed E-state index contributed by atoms with van der Waals surface area (Å²) in [6.45, 7) is 0. The topological polar surface area (TPSA) is 61.5 Å². The number of halogens is 3. The number of hydrogen-bond acceptors (Lipinski definition) is 3. The fourth-order valence-electron chi connectivity index (χ4n) is 1.14. The lowest BCUT2D eigenvalue weighted by molar-refractivity contribution is 1.13. The molecule has 0 aliphatic heterocycles. The lowest BCUT2D eigenvalue weighted by Gasteiger charge is -2.02. The molecule has 0 amide bonds. The van der Waals surface area contributed by atoms with E-state index in [2.05, 4.69) is 15.0 Å². The Morgan fingerprint density at radius 3 is 2.47 bits per heavy atom. The second-order valence-electron chi connectivity index (χ2n) is 2.67. The number of fused-ring (bicyclic) bond motifs is 1. The number of H-pyrrole nitrogens is 2. The van der Waals surface area contributed by atoms with Gasteiger partial charge in [0.15, 0.2) is 9.92 Å². The van der Waals surface area contributed by atoms with Crippen LogP contribution in [0.5, 0.6) is 0 Å². The first kappa shape index (κ1) is 10.9. The van der Waals surface area contributed by atoms with E-state index in [1.807, 2.05) is 0 Å². The van der Waals surface area contributed by atoms with Crippen LogP contribution in [0.15, 0.2) is 4.79 Å². The zero-order valence-corrected chi connectivity index (χ0v) is 9.98. The molecule has 8 heteroatoms. The third kappa shape index (κ3) is 1.76. The van der Waals surface area contributed by atoms with Crippen LogP contribution >= 0.6 is 47.0 Å². The van der Waals surface area contributed by atoms with E-state index in [1.54, 1.807) is 0 Å². The van der Waals surface area contributed by atoms with Crippen LogP contribution in [-0.2, 0) is 0 Å². The highest BCUT2D eigenvalue weighted by Crippen LogP contribution is 2.29. The van der Waals surface area contributed by atoms with Crippen molar-refractivity contribution in [1.82, 2.24) is 15.0 Å². The third-order valence-corrected chi connectivity index (χ3v) is 2.96. The number of nitrogens with one attached hydrogen (secondary N) is 2. The zero-order chi connectivity index (χ0) is 11.2. The fraction of sp³-hybridized carbons (Fsp3) is 0. The fourth-order valence-corrected chi connectivity index (χ4v) is 2.01. The highest BCUT2D eigenvalue weighted by Gasteiger charge is 2.13. The molecule has 2 rings (SSSR count). The lowest BCUT2D eigenvalue weighted by Crippen LogP contribution is -2.09. The Labute approximate surface area is 103 Å². The first-order chi connectivity index (χ1) is 7.00. The van der Waals surface area contributed by atoms with Gasteiger partial charge in [0.05, 0.1) is 5.52 Å². The lowest BCUT2D eigenvalue weighted by atomic mass is 10.3. The van der Waals surface area contributed by atoms with Crippen molar-refractivity contribution in [2.45, 2.75) is 0 Å². The molecule has 2 heterocycles. The standard InChI is InChI=1S/C7H2Cl3N3OS/c8-2-3-1(4(9)12-5(2)10)6(14)13-7(15)11-3/h(H2,11,13,14,15). The molecule has 0 spiro atoms. The van der Waals surface area contributed by atoms with Gasteiger partial charge in [0.25, 0.3) is 5.56 Å². The second-order valence-corrected chi connectivity index (χ2v) is 4.17. The molecule has 2 aromatic rings. The van der Waals surface area contributed by atoms with E-state index in [0.717, 1.165) is 0 Å². The van der Waals surface area contributed by atoms with Crippen LogP contribution in [0.3, 0.4) is 0 Å². The smallest absolute Gasteiger partial charge is 0.262 e. The van der Waals surface area contributed by atoms with Crippen LogP contribution in [-0.4, -0.2) is 15.0 Å². The van der Waals surface area contributed by atoms with Crippen molar-refractivity contribution in [2.24, 2.45) is 0 Å². The molecule has 0 bridgehead atoms. The molecule has 2 N–H and O–H groups in total. The van der Waals surface area contributed by atoms with E-state index in [1.165, 1.54) is 0 Å². The molecular weight excluding hydrogens is 281 g/mol. The van der Waals surface area contributed by atoms with Gasteiger partial charge in [-0.15, -0.1) is 0 Å². The summed E-state index contributed by atoms with van der Waals surface area (Å²) >= 11 is 22.1. The molecule has 0 unspecified atom stereocenters. The monoisotopic (exact) mass is 281 g/mol. The van der Waals surface area contributed by atoms with Crippen LogP contribution in [0.25, 0.3) is 10.9 Å². The predicted octanol–water partition coefficient (Wildman–Crippen LogP) is 2.94. The molecule has 0 saturated heterocycles. The quantitative estimate of drug-likeness (QED) is 0.577. The van der Waals surface area contributed by atoms with Crippen LogP contribution in [0.2, 0.25) is 15.3 Å². The van der Waals surface area contributed by atoms with Crippen LogP contribution < -0.4 is 5.56 Å². The van der Waals surface area contributed by atoms with Gasteiger partial charge in [0.1, 0.15) is 15.6 Å². The molecule has 0 aliphatic rings. The average molecular weight is 283 g/mol. The Morgan fingerprint density at radius 1 is 1.13 bits per heavy atom. The minimum Gasteiger partial charge on any atom is -0.330 e. The minimum absolute atomic E-state index is 0.0189. The summed E-state index contributed by atoms with van der Waals surface area (Å²) in [7, 11) is 0. The van der Waals surface area contributed by atoms with Gasteiger partial charge in [-0.1, -0.05) is 34.8 Å². The number of nitrogens with zero attached hydrogens (tertiary/aromatic N) is 1. The maximum Gasteiger partial charge on any atom is 0.262 e. The minimum atomic E-state index is -0.454.